The highest BCUT2D eigenvalue weighted by Gasteiger charge is 2.51. The summed E-state index contributed by atoms with van der Waals surface area (Å²) in [6.45, 7) is 4.89. The minimum absolute atomic E-state index is 0.493. The maximum Gasteiger partial charge on any atom is 0.137 e. The van der Waals surface area contributed by atoms with Crippen LogP contribution in [0.5, 0.6) is 0 Å². The molecule has 0 N–H and O–H groups in total. The number of ketones is 1. The quantitative estimate of drug-likeness (QED) is 0.584. The molecule has 0 heterocycles. The van der Waals surface area contributed by atoms with Crippen LogP contribution in [-0.4, -0.2) is 5.78 Å². The molecule has 1 heteroatoms. The monoisotopic (exact) mass is 312 g/mol. The van der Waals surface area contributed by atoms with Crippen molar-refractivity contribution in [2.24, 2.45) is 23.2 Å². The zero-order valence-corrected chi connectivity index (χ0v) is 15.0. The van der Waals surface area contributed by atoms with E-state index in [2.05, 4.69) is 19.9 Å². The van der Waals surface area contributed by atoms with Gasteiger partial charge in [-0.1, -0.05) is 43.1 Å². The molecule has 1 nitrogen and oxygen atoms in total. The minimum atomic E-state index is 0.493. The molecule has 4 rings (SSSR count). The number of allylic oxidation sites excluding steroid dienone is 4. The van der Waals surface area contributed by atoms with Crippen LogP contribution in [0.4, 0.5) is 0 Å². The Labute approximate surface area is 141 Å². The van der Waals surface area contributed by atoms with Gasteiger partial charge in [0.15, 0.2) is 0 Å². The molecular weight excluding hydrogens is 280 g/mol. The van der Waals surface area contributed by atoms with Gasteiger partial charge in [0.1, 0.15) is 5.78 Å². The lowest BCUT2D eigenvalue weighted by molar-refractivity contribution is -0.119. The van der Waals surface area contributed by atoms with E-state index >= 15 is 0 Å². The summed E-state index contributed by atoms with van der Waals surface area (Å²) in [4.78, 5) is 11.8. The van der Waals surface area contributed by atoms with Crippen molar-refractivity contribution in [3.05, 3.63) is 22.8 Å². The number of hydrogen-bond donors (Lipinski definition) is 0. The molecule has 0 aromatic heterocycles. The first kappa shape index (κ1) is 15.7. The van der Waals surface area contributed by atoms with Crippen LogP contribution in [0.3, 0.4) is 0 Å². The van der Waals surface area contributed by atoms with Crippen LogP contribution in [0.1, 0.15) is 84.5 Å². The van der Waals surface area contributed by atoms with Crippen molar-refractivity contribution < 1.29 is 4.79 Å². The first-order valence-corrected chi connectivity index (χ1v) is 10.1. The number of hydrogen-bond acceptors (Lipinski definition) is 1. The lowest BCUT2D eigenvalue weighted by atomic mass is 9.53. The van der Waals surface area contributed by atoms with Gasteiger partial charge in [-0.05, 0) is 74.5 Å². The smallest absolute Gasteiger partial charge is 0.137 e. The van der Waals surface area contributed by atoms with E-state index in [-0.39, 0.29) is 0 Å². The fraction of sp³-hybridized carbons (Fsp3) is 0.773. The van der Waals surface area contributed by atoms with Crippen molar-refractivity contribution >= 4 is 5.78 Å². The van der Waals surface area contributed by atoms with Crippen molar-refractivity contribution in [1.82, 2.24) is 0 Å². The van der Waals surface area contributed by atoms with Gasteiger partial charge >= 0.3 is 0 Å². The summed E-state index contributed by atoms with van der Waals surface area (Å²) in [5.74, 6) is 3.10. The molecule has 0 aromatic carbocycles. The second-order valence-electron chi connectivity index (χ2n) is 8.78. The first-order valence-electron chi connectivity index (χ1n) is 10.1. The molecule has 126 valence electrons. The molecule has 0 saturated heterocycles. The van der Waals surface area contributed by atoms with Gasteiger partial charge in [-0.25, -0.2) is 0 Å². The standard InChI is InChI=1S/C22H32O/c1-3-4-5-16-7-11-21-20-9-6-15-14-17(23)8-10-18(15)19(20)12-13-22(16,21)2/h7,19-21H,3-6,8-14H2,1-2H3. The normalized spacial score (nSPS) is 39.7. The molecule has 0 bridgehead atoms. The molecule has 4 aliphatic carbocycles. The largest absolute Gasteiger partial charge is 0.299 e. The molecule has 0 spiro atoms. The highest BCUT2D eigenvalue weighted by Crippen LogP contribution is 2.61. The maximum atomic E-state index is 11.8. The molecule has 0 aliphatic heterocycles. The Balaban J connectivity index is 1.56. The Hall–Kier alpha value is -0.850. The van der Waals surface area contributed by atoms with E-state index in [4.69, 9.17) is 0 Å². The number of fused-ring (bicyclic) bond motifs is 4. The molecular formula is C22H32O. The summed E-state index contributed by atoms with van der Waals surface area (Å²) in [6, 6.07) is 0. The van der Waals surface area contributed by atoms with Gasteiger partial charge in [0, 0.05) is 12.8 Å². The molecule has 4 aliphatic rings. The van der Waals surface area contributed by atoms with E-state index in [0.29, 0.717) is 11.2 Å². The fourth-order valence-corrected chi connectivity index (χ4v) is 6.46. The molecule has 4 atom stereocenters. The third kappa shape index (κ3) is 2.46. The zero-order valence-electron chi connectivity index (χ0n) is 15.0. The lowest BCUT2D eigenvalue weighted by Crippen LogP contribution is -2.43. The molecule has 4 unspecified atom stereocenters. The van der Waals surface area contributed by atoms with Crippen molar-refractivity contribution in [2.75, 3.05) is 0 Å². The Morgan fingerprint density at radius 3 is 2.91 bits per heavy atom. The molecule has 0 aromatic rings. The van der Waals surface area contributed by atoms with Crippen molar-refractivity contribution in [3.63, 3.8) is 0 Å². The Morgan fingerprint density at radius 2 is 2.09 bits per heavy atom. The van der Waals surface area contributed by atoms with E-state index < -0.39 is 0 Å². The fourth-order valence-electron chi connectivity index (χ4n) is 6.46. The minimum Gasteiger partial charge on any atom is -0.299 e. The summed E-state index contributed by atoms with van der Waals surface area (Å²) < 4.78 is 0. The van der Waals surface area contributed by atoms with Gasteiger partial charge in [0.2, 0.25) is 0 Å². The van der Waals surface area contributed by atoms with E-state index in [0.717, 1.165) is 37.0 Å². The van der Waals surface area contributed by atoms with Gasteiger partial charge in [-0.3, -0.25) is 4.79 Å². The second kappa shape index (κ2) is 5.90. The van der Waals surface area contributed by atoms with Crippen LogP contribution in [-0.2, 0) is 4.79 Å². The van der Waals surface area contributed by atoms with Crippen LogP contribution >= 0.6 is 0 Å². The molecule has 1 fully saturated rings. The van der Waals surface area contributed by atoms with Crippen molar-refractivity contribution in [3.8, 4) is 0 Å². The van der Waals surface area contributed by atoms with E-state index in [1.807, 2.05) is 0 Å². The summed E-state index contributed by atoms with van der Waals surface area (Å²) >= 11 is 0. The molecule has 0 amide bonds. The van der Waals surface area contributed by atoms with Gasteiger partial charge in [0.25, 0.3) is 0 Å². The Kier molecular flexibility index (Phi) is 4.02. The average molecular weight is 312 g/mol. The van der Waals surface area contributed by atoms with Crippen LogP contribution < -0.4 is 0 Å². The lowest BCUT2D eigenvalue weighted by Gasteiger charge is -2.51. The topological polar surface area (TPSA) is 17.1 Å². The molecule has 23 heavy (non-hydrogen) atoms. The predicted molar refractivity (Wildman–Crippen MR) is 95.2 cm³/mol. The van der Waals surface area contributed by atoms with Crippen LogP contribution in [0.2, 0.25) is 0 Å². The van der Waals surface area contributed by atoms with Gasteiger partial charge in [0.05, 0.1) is 0 Å². The highest BCUT2D eigenvalue weighted by atomic mass is 16.1. The second-order valence-corrected chi connectivity index (χ2v) is 8.78. The Bertz CT molecular complexity index is 567. The van der Waals surface area contributed by atoms with Gasteiger partial charge in [-0.15, -0.1) is 0 Å². The van der Waals surface area contributed by atoms with Gasteiger partial charge in [-0.2, -0.15) is 0 Å². The van der Waals surface area contributed by atoms with Crippen molar-refractivity contribution in [1.29, 1.82) is 0 Å². The third-order valence-electron chi connectivity index (χ3n) is 7.74. The van der Waals surface area contributed by atoms with E-state index in [9.17, 15) is 4.79 Å². The van der Waals surface area contributed by atoms with Crippen molar-refractivity contribution in [2.45, 2.75) is 84.5 Å². The number of Topliss-reactive ketones (excluding diaryl/α,β-unsaturated/α-hetero) is 1. The first-order chi connectivity index (χ1) is 11.1. The van der Waals surface area contributed by atoms with E-state index in [1.165, 1.54) is 51.4 Å². The number of carbonyl (C=O) groups is 1. The number of carbonyl (C=O) groups excluding carboxylic acids is 1. The summed E-state index contributed by atoms with van der Waals surface area (Å²) in [6.07, 6.45) is 16.0. The molecule has 0 radical (unpaired) electrons. The predicted octanol–water partition coefficient (Wildman–Crippen LogP) is 6.00. The third-order valence-corrected chi connectivity index (χ3v) is 7.74. The van der Waals surface area contributed by atoms with Gasteiger partial charge < -0.3 is 0 Å². The summed E-state index contributed by atoms with van der Waals surface area (Å²) in [5.41, 5.74) is 5.59. The maximum absolute atomic E-state index is 11.8. The summed E-state index contributed by atoms with van der Waals surface area (Å²) in [5, 5.41) is 0. The average Bonchev–Trinajstić information content (AvgIpc) is 2.89. The Morgan fingerprint density at radius 1 is 1.22 bits per heavy atom. The van der Waals surface area contributed by atoms with Crippen LogP contribution in [0, 0.1) is 23.2 Å². The number of unbranched alkanes of at least 4 members (excludes halogenated alkanes) is 1. The summed E-state index contributed by atoms with van der Waals surface area (Å²) in [7, 11) is 0. The van der Waals surface area contributed by atoms with E-state index in [1.54, 1.807) is 16.7 Å². The highest BCUT2D eigenvalue weighted by molar-refractivity contribution is 5.82. The van der Waals surface area contributed by atoms with Crippen LogP contribution in [0.25, 0.3) is 0 Å². The SMILES string of the molecule is CCCCC1=CCC2C3CCC4=C(CCC(=O)C4)C3CCC12C. The molecule has 1 saturated carbocycles. The zero-order chi connectivity index (χ0) is 16.0. The van der Waals surface area contributed by atoms with Crippen LogP contribution in [0.15, 0.2) is 22.8 Å². The number of rotatable bonds is 3.